The van der Waals surface area contributed by atoms with Crippen LogP contribution in [0.4, 0.5) is 0 Å². The summed E-state index contributed by atoms with van der Waals surface area (Å²) in [7, 11) is 0. The average molecular weight is 190 g/mol. The van der Waals surface area contributed by atoms with Crippen LogP contribution in [0.2, 0.25) is 0 Å². The molecule has 0 aromatic heterocycles. The molecule has 0 radical (unpaired) electrons. The highest BCUT2D eigenvalue weighted by Gasteiger charge is 1.97. The van der Waals surface area contributed by atoms with Crippen molar-refractivity contribution in [1.82, 2.24) is 0 Å². The number of rotatable bonds is 5. The molecule has 1 nitrogen and oxygen atoms in total. The van der Waals surface area contributed by atoms with E-state index in [1.165, 1.54) is 5.56 Å². The minimum Gasteiger partial charge on any atom is -0.493 e. The molecule has 0 N–H and O–H groups in total. The Hall–Kier alpha value is -1.24. The Morgan fingerprint density at radius 3 is 2.71 bits per heavy atom. The van der Waals surface area contributed by atoms with E-state index in [1.807, 2.05) is 18.2 Å². The van der Waals surface area contributed by atoms with Crippen molar-refractivity contribution in [2.45, 2.75) is 26.7 Å². The molecule has 0 spiro atoms. The number of ether oxygens (including phenoxy) is 1. The molecular weight excluding hydrogens is 172 g/mol. The first-order valence-corrected chi connectivity index (χ1v) is 5.26. The van der Waals surface area contributed by atoms with Crippen molar-refractivity contribution in [2.24, 2.45) is 0 Å². The molecule has 0 saturated carbocycles. The molecule has 0 aliphatic rings. The smallest absolute Gasteiger partial charge is 0.126 e. The van der Waals surface area contributed by atoms with E-state index >= 15 is 0 Å². The lowest BCUT2D eigenvalue weighted by molar-refractivity contribution is 0.317. The quantitative estimate of drug-likeness (QED) is 0.684. The lowest BCUT2D eigenvalue weighted by Gasteiger charge is -2.07. The van der Waals surface area contributed by atoms with Crippen molar-refractivity contribution in [3.63, 3.8) is 0 Å². The van der Waals surface area contributed by atoms with Gasteiger partial charge >= 0.3 is 0 Å². The Morgan fingerprint density at radius 2 is 2.00 bits per heavy atom. The molecule has 0 heterocycles. The Morgan fingerprint density at radius 1 is 1.21 bits per heavy atom. The van der Waals surface area contributed by atoms with E-state index in [2.05, 4.69) is 32.1 Å². The highest BCUT2D eigenvalue weighted by atomic mass is 16.5. The van der Waals surface area contributed by atoms with Crippen molar-refractivity contribution in [2.75, 3.05) is 6.61 Å². The molecule has 0 fully saturated rings. The van der Waals surface area contributed by atoms with Gasteiger partial charge in [0, 0.05) is 5.56 Å². The highest BCUT2D eigenvalue weighted by molar-refractivity contribution is 5.56. The Kier molecular flexibility index (Phi) is 4.84. The third-order valence-electron chi connectivity index (χ3n) is 1.91. The lowest BCUT2D eigenvalue weighted by atomic mass is 10.2. The molecule has 0 amide bonds. The number of para-hydroxylation sites is 1. The van der Waals surface area contributed by atoms with E-state index in [4.69, 9.17) is 4.74 Å². The minimum atomic E-state index is 0.789. The first kappa shape index (κ1) is 10.8. The van der Waals surface area contributed by atoms with Crippen LogP contribution in [0, 0.1) is 0 Å². The minimum absolute atomic E-state index is 0.789. The van der Waals surface area contributed by atoms with Gasteiger partial charge in [-0.15, -0.1) is 0 Å². The number of allylic oxidation sites excluding steroid dienone is 1. The fourth-order valence-corrected chi connectivity index (χ4v) is 1.21. The zero-order chi connectivity index (χ0) is 10.2. The molecule has 76 valence electrons. The summed E-state index contributed by atoms with van der Waals surface area (Å²) >= 11 is 0. The standard InChI is InChI=1S/C13H18O/c1-3-5-8-12-9-6-7-10-13(12)14-11-4-2/h5-10H,3-4,11H2,1-2H3/b8-5-. The summed E-state index contributed by atoms with van der Waals surface area (Å²) < 4.78 is 5.63. The predicted molar refractivity (Wildman–Crippen MR) is 61.6 cm³/mol. The molecule has 1 aromatic carbocycles. The molecule has 1 aromatic rings. The second kappa shape index (κ2) is 6.25. The van der Waals surface area contributed by atoms with Crippen LogP contribution >= 0.6 is 0 Å². The van der Waals surface area contributed by atoms with Gasteiger partial charge in [-0.25, -0.2) is 0 Å². The zero-order valence-corrected chi connectivity index (χ0v) is 8.99. The predicted octanol–water partition coefficient (Wildman–Crippen LogP) is 3.90. The van der Waals surface area contributed by atoms with Gasteiger partial charge in [0.2, 0.25) is 0 Å². The van der Waals surface area contributed by atoms with Gasteiger partial charge in [0.1, 0.15) is 5.75 Å². The number of benzene rings is 1. The Balaban J connectivity index is 2.74. The first-order valence-electron chi connectivity index (χ1n) is 5.26. The fourth-order valence-electron chi connectivity index (χ4n) is 1.21. The number of hydrogen-bond donors (Lipinski definition) is 0. The molecule has 0 bridgehead atoms. The molecule has 14 heavy (non-hydrogen) atoms. The first-order chi connectivity index (χ1) is 6.88. The summed E-state index contributed by atoms with van der Waals surface area (Å²) in [5.74, 6) is 0.985. The van der Waals surface area contributed by atoms with Crippen molar-refractivity contribution >= 4 is 6.08 Å². The van der Waals surface area contributed by atoms with E-state index in [0.29, 0.717) is 0 Å². The van der Waals surface area contributed by atoms with Crippen LogP contribution in [0.1, 0.15) is 32.3 Å². The third-order valence-corrected chi connectivity index (χ3v) is 1.91. The Bertz CT molecular complexity index is 289. The lowest BCUT2D eigenvalue weighted by Crippen LogP contribution is -1.96. The van der Waals surface area contributed by atoms with Gasteiger partial charge < -0.3 is 4.74 Å². The van der Waals surface area contributed by atoms with Crippen LogP contribution in [-0.2, 0) is 0 Å². The zero-order valence-electron chi connectivity index (χ0n) is 8.99. The van der Waals surface area contributed by atoms with Crippen LogP contribution in [-0.4, -0.2) is 6.61 Å². The van der Waals surface area contributed by atoms with Crippen molar-refractivity contribution in [1.29, 1.82) is 0 Å². The van der Waals surface area contributed by atoms with Crippen LogP contribution in [0.15, 0.2) is 30.3 Å². The second-order valence-electron chi connectivity index (χ2n) is 3.20. The maximum absolute atomic E-state index is 5.63. The molecule has 0 aliphatic carbocycles. The van der Waals surface area contributed by atoms with Gasteiger partial charge in [0.15, 0.2) is 0 Å². The second-order valence-corrected chi connectivity index (χ2v) is 3.20. The van der Waals surface area contributed by atoms with Crippen LogP contribution in [0.25, 0.3) is 6.08 Å². The molecule has 0 saturated heterocycles. The van der Waals surface area contributed by atoms with Gasteiger partial charge in [-0.3, -0.25) is 0 Å². The maximum Gasteiger partial charge on any atom is 0.126 e. The highest BCUT2D eigenvalue weighted by Crippen LogP contribution is 2.19. The van der Waals surface area contributed by atoms with Gasteiger partial charge in [-0.2, -0.15) is 0 Å². The summed E-state index contributed by atoms with van der Waals surface area (Å²) in [6, 6.07) is 8.14. The molecule has 0 atom stereocenters. The van der Waals surface area contributed by atoms with E-state index in [1.54, 1.807) is 0 Å². The Labute approximate surface area is 86.4 Å². The number of hydrogen-bond acceptors (Lipinski definition) is 1. The summed E-state index contributed by atoms with van der Waals surface area (Å²) in [6.45, 7) is 5.04. The average Bonchev–Trinajstić information content (AvgIpc) is 2.24. The molecule has 0 unspecified atom stereocenters. The summed E-state index contributed by atoms with van der Waals surface area (Å²) in [4.78, 5) is 0. The van der Waals surface area contributed by atoms with E-state index in [0.717, 1.165) is 25.2 Å². The fraction of sp³-hybridized carbons (Fsp3) is 0.385. The maximum atomic E-state index is 5.63. The van der Waals surface area contributed by atoms with E-state index in [-0.39, 0.29) is 0 Å². The van der Waals surface area contributed by atoms with E-state index in [9.17, 15) is 0 Å². The normalized spacial score (nSPS) is 10.7. The molecule has 1 rings (SSSR count). The SMILES string of the molecule is CC/C=C\c1ccccc1OCCC. The van der Waals surface area contributed by atoms with Gasteiger partial charge in [0.05, 0.1) is 6.61 Å². The largest absolute Gasteiger partial charge is 0.493 e. The monoisotopic (exact) mass is 190 g/mol. The van der Waals surface area contributed by atoms with Crippen molar-refractivity contribution in [3.8, 4) is 5.75 Å². The van der Waals surface area contributed by atoms with E-state index < -0.39 is 0 Å². The van der Waals surface area contributed by atoms with Gasteiger partial charge in [0.25, 0.3) is 0 Å². The van der Waals surface area contributed by atoms with Crippen molar-refractivity contribution in [3.05, 3.63) is 35.9 Å². The third kappa shape index (κ3) is 3.25. The molecular formula is C13H18O. The topological polar surface area (TPSA) is 9.23 Å². The summed E-state index contributed by atoms with van der Waals surface area (Å²) in [5.41, 5.74) is 1.17. The summed E-state index contributed by atoms with van der Waals surface area (Å²) in [6.07, 6.45) is 6.37. The molecule has 1 heteroatoms. The van der Waals surface area contributed by atoms with Crippen LogP contribution < -0.4 is 4.74 Å². The van der Waals surface area contributed by atoms with Gasteiger partial charge in [-0.05, 0) is 18.9 Å². The van der Waals surface area contributed by atoms with Crippen LogP contribution in [0.3, 0.4) is 0 Å². The molecule has 0 aliphatic heterocycles. The summed E-state index contributed by atoms with van der Waals surface area (Å²) in [5, 5.41) is 0. The van der Waals surface area contributed by atoms with Gasteiger partial charge in [-0.1, -0.05) is 44.2 Å². The van der Waals surface area contributed by atoms with Crippen molar-refractivity contribution < 1.29 is 4.74 Å². The van der Waals surface area contributed by atoms with Crippen LogP contribution in [0.5, 0.6) is 5.75 Å².